The number of ether oxygens (including phenoxy) is 2. The standard InChI is InChI=1S/C15H26O4/c1-3-11-9-13(10-15(11,4-2)14(16)17)19-12-5-7-18-8-6-12/h11-13H,3-10H2,1-2H3,(H,16,17). The Hall–Kier alpha value is -0.610. The zero-order valence-electron chi connectivity index (χ0n) is 12.1. The van der Waals surface area contributed by atoms with Gasteiger partial charge in [-0.2, -0.15) is 0 Å². The fourth-order valence-corrected chi connectivity index (χ4v) is 3.79. The van der Waals surface area contributed by atoms with E-state index in [1.165, 1.54) is 0 Å². The summed E-state index contributed by atoms with van der Waals surface area (Å²) in [7, 11) is 0. The van der Waals surface area contributed by atoms with Crippen molar-refractivity contribution in [1.29, 1.82) is 0 Å². The van der Waals surface area contributed by atoms with Gasteiger partial charge in [-0.05, 0) is 38.0 Å². The molecule has 0 aromatic heterocycles. The summed E-state index contributed by atoms with van der Waals surface area (Å²) in [5.74, 6) is -0.389. The summed E-state index contributed by atoms with van der Waals surface area (Å²) in [6.45, 7) is 5.63. The maximum Gasteiger partial charge on any atom is 0.310 e. The van der Waals surface area contributed by atoms with Gasteiger partial charge in [0.05, 0.1) is 17.6 Å². The van der Waals surface area contributed by atoms with Gasteiger partial charge < -0.3 is 14.6 Å². The van der Waals surface area contributed by atoms with Crippen LogP contribution in [0.5, 0.6) is 0 Å². The predicted octanol–water partition coefficient (Wildman–Crippen LogP) is 2.85. The minimum Gasteiger partial charge on any atom is -0.481 e. The summed E-state index contributed by atoms with van der Waals surface area (Å²) in [5.41, 5.74) is -0.565. The average Bonchev–Trinajstić information content (AvgIpc) is 2.79. The van der Waals surface area contributed by atoms with Crippen molar-refractivity contribution in [2.75, 3.05) is 13.2 Å². The van der Waals surface area contributed by atoms with Crippen molar-refractivity contribution in [3.8, 4) is 0 Å². The molecule has 1 N–H and O–H groups in total. The third-order valence-electron chi connectivity index (χ3n) is 5.02. The van der Waals surface area contributed by atoms with Crippen LogP contribution < -0.4 is 0 Å². The minimum atomic E-state index is -0.639. The lowest BCUT2D eigenvalue weighted by Crippen LogP contribution is -2.34. The average molecular weight is 270 g/mol. The molecule has 1 aliphatic carbocycles. The number of aliphatic carboxylic acids is 1. The van der Waals surface area contributed by atoms with Gasteiger partial charge in [0.2, 0.25) is 0 Å². The van der Waals surface area contributed by atoms with Gasteiger partial charge in [-0.25, -0.2) is 0 Å². The van der Waals surface area contributed by atoms with Crippen molar-refractivity contribution in [3.63, 3.8) is 0 Å². The lowest BCUT2D eigenvalue weighted by atomic mass is 9.74. The minimum absolute atomic E-state index is 0.115. The van der Waals surface area contributed by atoms with Crippen molar-refractivity contribution >= 4 is 5.97 Å². The van der Waals surface area contributed by atoms with Crippen LogP contribution in [0, 0.1) is 11.3 Å². The maximum atomic E-state index is 11.7. The van der Waals surface area contributed by atoms with Gasteiger partial charge in [-0.1, -0.05) is 20.3 Å². The zero-order chi connectivity index (χ0) is 13.9. The Kier molecular flexibility index (Phi) is 4.85. The Labute approximate surface area is 115 Å². The molecule has 2 rings (SSSR count). The van der Waals surface area contributed by atoms with Crippen molar-refractivity contribution in [2.24, 2.45) is 11.3 Å². The van der Waals surface area contributed by atoms with Gasteiger partial charge in [0.25, 0.3) is 0 Å². The summed E-state index contributed by atoms with van der Waals surface area (Å²) >= 11 is 0. The molecule has 0 amide bonds. The van der Waals surface area contributed by atoms with E-state index < -0.39 is 11.4 Å². The molecule has 0 radical (unpaired) electrons. The third-order valence-corrected chi connectivity index (χ3v) is 5.02. The molecule has 2 fully saturated rings. The molecule has 3 unspecified atom stereocenters. The summed E-state index contributed by atoms with van der Waals surface area (Å²) in [4.78, 5) is 11.7. The summed E-state index contributed by atoms with van der Waals surface area (Å²) in [5, 5.41) is 9.61. The molecule has 0 aromatic carbocycles. The lowest BCUT2D eigenvalue weighted by molar-refractivity contribution is -0.152. The highest BCUT2D eigenvalue weighted by Crippen LogP contribution is 2.49. The quantitative estimate of drug-likeness (QED) is 0.834. The highest BCUT2D eigenvalue weighted by molar-refractivity contribution is 5.75. The molecular formula is C15H26O4. The Morgan fingerprint density at radius 1 is 1.32 bits per heavy atom. The Bertz CT molecular complexity index is 311. The van der Waals surface area contributed by atoms with E-state index in [9.17, 15) is 9.90 Å². The van der Waals surface area contributed by atoms with E-state index in [4.69, 9.17) is 9.47 Å². The lowest BCUT2D eigenvalue weighted by Gasteiger charge is -2.29. The first-order chi connectivity index (χ1) is 9.12. The second-order valence-electron chi connectivity index (χ2n) is 5.93. The normalized spacial score (nSPS) is 36.5. The molecule has 1 aliphatic heterocycles. The number of hydrogen-bond donors (Lipinski definition) is 1. The van der Waals surface area contributed by atoms with E-state index in [0.29, 0.717) is 12.8 Å². The van der Waals surface area contributed by atoms with Crippen LogP contribution in [0.4, 0.5) is 0 Å². The molecule has 110 valence electrons. The SMILES string of the molecule is CCC1CC(OC2CCOCC2)CC1(CC)C(=O)O. The molecule has 4 heteroatoms. The monoisotopic (exact) mass is 270 g/mol. The molecule has 0 bridgehead atoms. The fraction of sp³-hybridized carbons (Fsp3) is 0.933. The van der Waals surface area contributed by atoms with Crippen molar-refractivity contribution < 1.29 is 19.4 Å². The first kappa shape index (κ1) is 14.8. The Morgan fingerprint density at radius 2 is 2.00 bits per heavy atom. The molecule has 1 saturated carbocycles. The highest BCUT2D eigenvalue weighted by Gasteiger charge is 2.51. The van der Waals surface area contributed by atoms with Gasteiger partial charge in [0, 0.05) is 13.2 Å². The van der Waals surface area contributed by atoms with Crippen LogP contribution in [-0.4, -0.2) is 36.5 Å². The third kappa shape index (κ3) is 2.95. The molecular weight excluding hydrogens is 244 g/mol. The first-order valence-corrected chi connectivity index (χ1v) is 7.59. The molecule has 3 atom stereocenters. The van der Waals surface area contributed by atoms with E-state index in [0.717, 1.165) is 38.9 Å². The second kappa shape index (κ2) is 6.23. The molecule has 1 saturated heterocycles. The maximum absolute atomic E-state index is 11.7. The Morgan fingerprint density at radius 3 is 2.47 bits per heavy atom. The van der Waals surface area contributed by atoms with Gasteiger partial charge in [-0.15, -0.1) is 0 Å². The smallest absolute Gasteiger partial charge is 0.310 e. The predicted molar refractivity (Wildman–Crippen MR) is 72.1 cm³/mol. The zero-order valence-corrected chi connectivity index (χ0v) is 12.1. The van der Waals surface area contributed by atoms with E-state index >= 15 is 0 Å². The Balaban J connectivity index is 1.99. The topological polar surface area (TPSA) is 55.8 Å². The molecule has 0 spiro atoms. The number of carbonyl (C=O) groups is 1. The summed E-state index contributed by atoms with van der Waals surface area (Å²) in [6, 6.07) is 0. The van der Waals surface area contributed by atoms with Gasteiger partial charge in [0.1, 0.15) is 0 Å². The first-order valence-electron chi connectivity index (χ1n) is 7.59. The van der Waals surface area contributed by atoms with Crippen LogP contribution in [0.1, 0.15) is 52.4 Å². The number of rotatable bonds is 5. The van der Waals surface area contributed by atoms with Gasteiger partial charge in [-0.3, -0.25) is 4.79 Å². The van der Waals surface area contributed by atoms with Crippen LogP contribution in [-0.2, 0) is 14.3 Å². The van der Waals surface area contributed by atoms with Gasteiger partial charge in [0.15, 0.2) is 0 Å². The second-order valence-corrected chi connectivity index (χ2v) is 5.93. The van der Waals surface area contributed by atoms with Crippen molar-refractivity contribution in [1.82, 2.24) is 0 Å². The van der Waals surface area contributed by atoms with E-state index in [2.05, 4.69) is 6.92 Å². The van der Waals surface area contributed by atoms with Crippen LogP contribution >= 0.6 is 0 Å². The van der Waals surface area contributed by atoms with Crippen LogP contribution in [0.3, 0.4) is 0 Å². The van der Waals surface area contributed by atoms with E-state index in [1.807, 2.05) is 6.92 Å². The van der Waals surface area contributed by atoms with E-state index in [-0.39, 0.29) is 18.1 Å². The molecule has 0 aromatic rings. The van der Waals surface area contributed by atoms with Gasteiger partial charge >= 0.3 is 5.97 Å². The summed E-state index contributed by atoms with van der Waals surface area (Å²) in [6.07, 6.45) is 5.46. The van der Waals surface area contributed by atoms with Crippen molar-refractivity contribution in [3.05, 3.63) is 0 Å². The van der Waals surface area contributed by atoms with Crippen LogP contribution in [0.2, 0.25) is 0 Å². The molecule has 19 heavy (non-hydrogen) atoms. The highest BCUT2D eigenvalue weighted by atomic mass is 16.5. The van der Waals surface area contributed by atoms with E-state index in [1.54, 1.807) is 0 Å². The summed E-state index contributed by atoms with van der Waals surface area (Å²) < 4.78 is 11.5. The molecule has 4 nitrogen and oxygen atoms in total. The largest absolute Gasteiger partial charge is 0.481 e. The van der Waals surface area contributed by atoms with Crippen molar-refractivity contribution in [2.45, 2.75) is 64.6 Å². The number of carboxylic acids is 1. The molecule has 2 aliphatic rings. The van der Waals surface area contributed by atoms with Crippen LogP contribution in [0.25, 0.3) is 0 Å². The number of hydrogen-bond acceptors (Lipinski definition) is 3. The number of carboxylic acid groups (broad SMARTS) is 1. The van der Waals surface area contributed by atoms with Crippen LogP contribution in [0.15, 0.2) is 0 Å². The molecule has 1 heterocycles. The fourth-order valence-electron chi connectivity index (χ4n) is 3.79.